The number of nitrogens with zero attached hydrogens (tertiary/aromatic N) is 2. The normalized spacial score (nSPS) is 27.0. The Morgan fingerprint density at radius 3 is 2.76 bits per heavy atom. The summed E-state index contributed by atoms with van der Waals surface area (Å²) < 4.78 is 53.7. The van der Waals surface area contributed by atoms with E-state index in [4.69, 9.17) is 24.7 Å². The molecule has 1 amide bonds. The highest BCUT2D eigenvalue weighted by Crippen LogP contribution is 2.47. The highest BCUT2D eigenvalue weighted by atomic mass is 32.2. The third-order valence-corrected chi connectivity index (χ3v) is 12.4. The van der Waals surface area contributed by atoms with E-state index in [1.54, 1.807) is 29.6 Å². The smallest absolute Gasteiger partial charge is 0.407 e. The lowest BCUT2D eigenvalue weighted by Gasteiger charge is -2.36. The summed E-state index contributed by atoms with van der Waals surface area (Å²) in [5.41, 5.74) is 7.48. The lowest BCUT2D eigenvalue weighted by molar-refractivity contribution is -0.153. The largest absolute Gasteiger partial charge is 0.497 e. The Kier molecular flexibility index (Phi) is 8.18. The quantitative estimate of drug-likeness (QED) is 0.287. The van der Waals surface area contributed by atoms with E-state index in [-0.39, 0.29) is 47.3 Å². The maximum Gasteiger partial charge on any atom is 0.407 e. The van der Waals surface area contributed by atoms with Crippen LogP contribution in [-0.4, -0.2) is 75.1 Å². The number of aromatic nitrogens is 1. The second kappa shape index (κ2) is 12.0. The van der Waals surface area contributed by atoms with E-state index in [0.717, 1.165) is 41.7 Å². The third kappa shape index (κ3) is 6.50. The van der Waals surface area contributed by atoms with Crippen LogP contribution in [0, 0.1) is 17.3 Å². The van der Waals surface area contributed by atoms with Crippen molar-refractivity contribution < 1.29 is 32.2 Å². The highest BCUT2D eigenvalue weighted by Gasteiger charge is 2.53. The molecule has 3 N–H and O–H groups in total. The summed E-state index contributed by atoms with van der Waals surface area (Å²) in [4.78, 5) is 17.9. The molecule has 45 heavy (non-hydrogen) atoms. The van der Waals surface area contributed by atoms with Crippen molar-refractivity contribution in [2.24, 2.45) is 17.3 Å². The number of alkyl carbamates (subject to hydrolysis) is 1. The molecule has 3 bridgehead atoms. The van der Waals surface area contributed by atoms with E-state index in [1.807, 2.05) is 24.3 Å². The van der Waals surface area contributed by atoms with Crippen molar-refractivity contribution in [2.45, 2.75) is 74.9 Å². The Balaban J connectivity index is 1.09. The van der Waals surface area contributed by atoms with Crippen LogP contribution in [0.5, 0.6) is 5.75 Å². The molecule has 4 fully saturated rings. The number of anilines is 1. The Morgan fingerprint density at radius 1 is 1.20 bits per heavy atom. The maximum atomic E-state index is 14.1. The van der Waals surface area contributed by atoms with Gasteiger partial charge >= 0.3 is 6.09 Å². The first kappa shape index (κ1) is 30.7. The fourth-order valence-electron chi connectivity index (χ4n) is 6.93. The Morgan fingerprint density at radius 2 is 2.00 bits per heavy atom. The molecule has 0 radical (unpaired) electrons. The summed E-state index contributed by atoms with van der Waals surface area (Å²) in [5.74, 6) is 1.22. The number of carbonyl (C=O) groups is 1. The third-order valence-electron chi connectivity index (χ3n) is 9.75. The van der Waals surface area contributed by atoms with Crippen molar-refractivity contribution in [1.82, 2.24) is 14.6 Å². The van der Waals surface area contributed by atoms with Crippen LogP contribution in [0.1, 0.15) is 44.6 Å². The molecule has 2 aliphatic carbocycles. The van der Waals surface area contributed by atoms with Gasteiger partial charge in [-0.05, 0) is 79.8 Å². The molecule has 7 rings (SSSR count). The van der Waals surface area contributed by atoms with Gasteiger partial charge in [-0.25, -0.2) is 18.2 Å². The molecule has 2 saturated carbocycles. The summed E-state index contributed by atoms with van der Waals surface area (Å²) in [5, 5.41) is 3.48. The van der Waals surface area contributed by atoms with Crippen LogP contribution in [0.2, 0.25) is 0 Å². The fourth-order valence-corrected chi connectivity index (χ4v) is 9.41. The van der Waals surface area contributed by atoms with Gasteiger partial charge in [0.15, 0.2) is 11.4 Å². The first-order valence-electron chi connectivity index (χ1n) is 15.6. The van der Waals surface area contributed by atoms with Gasteiger partial charge in [-0.2, -0.15) is 4.31 Å². The maximum absolute atomic E-state index is 14.1. The summed E-state index contributed by atoms with van der Waals surface area (Å²) in [6.07, 6.45) is 3.37. The number of hydrogen-bond acceptors (Lipinski definition) is 10. The molecule has 5 unspecified atom stereocenters. The summed E-state index contributed by atoms with van der Waals surface area (Å²) in [7, 11) is -2.22. The second-order valence-electron chi connectivity index (χ2n) is 13.3. The van der Waals surface area contributed by atoms with Gasteiger partial charge in [-0.1, -0.05) is 30.4 Å². The molecule has 1 aromatic heterocycles. The molecule has 3 aromatic rings. The second-order valence-corrected chi connectivity index (χ2v) is 16.3. The van der Waals surface area contributed by atoms with E-state index in [0.29, 0.717) is 42.6 Å². The van der Waals surface area contributed by atoms with Crippen LogP contribution in [0.15, 0.2) is 47.4 Å². The van der Waals surface area contributed by atoms with Gasteiger partial charge in [-0.3, -0.25) is 0 Å². The number of methoxy groups -OCH3 is 1. The summed E-state index contributed by atoms with van der Waals surface area (Å²) in [6.45, 7) is 3.28. The predicted molar refractivity (Wildman–Crippen MR) is 169 cm³/mol. The van der Waals surface area contributed by atoms with Gasteiger partial charge in [-0.15, -0.1) is 0 Å². The lowest BCUT2D eigenvalue weighted by atomic mass is 9.78. The molecule has 242 valence electrons. The number of thiazole rings is 1. The summed E-state index contributed by atoms with van der Waals surface area (Å²) >= 11 is 1.27. The van der Waals surface area contributed by atoms with E-state index >= 15 is 0 Å². The van der Waals surface area contributed by atoms with Crippen LogP contribution < -0.4 is 15.8 Å². The topological polar surface area (TPSA) is 142 Å². The van der Waals surface area contributed by atoms with E-state index in [1.165, 1.54) is 11.3 Å². The number of amides is 1. The standard InChI is InChI=1S/C32H40N4O7S2/c1-32(10-11-32)18-36(45(38,39)24-7-8-25-27(16-24)44-30(33)35-25)12-9-22(13-19-3-5-23(40-2)6-4-19)34-31(37)43-28-21-14-20-15-26(28)42-29(20)41-17-21/h3-8,16,20-22,26,28-29H,9-15,17-18H2,1-2H3,(H2,33,35)(H,34,37)/t20?,21?,22-,26?,28?,29?/m1/s1. The van der Waals surface area contributed by atoms with Gasteiger partial charge in [0.05, 0.1) is 34.9 Å². The van der Waals surface area contributed by atoms with Crippen LogP contribution >= 0.6 is 11.3 Å². The molecule has 4 aliphatic rings. The predicted octanol–water partition coefficient (Wildman–Crippen LogP) is 4.56. The molecule has 2 aliphatic heterocycles. The number of ether oxygens (including phenoxy) is 4. The van der Waals surface area contributed by atoms with Crippen molar-refractivity contribution in [2.75, 3.05) is 32.5 Å². The molecule has 0 spiro atoms. The fraction of sp³-hybridized carbons (Fsp3) is 0.562. The van der Waals surface area contributed by atoms with E-state index in [2.05, 4.69) is 17.2 Å². The van der Waals surface area contributed by atoms with Crippen LogP contribution in [0.3, 0.4) is 0 Å². The zero-order chi connectivity index (χ0) is 31.3. The Labute approximate surface area is 267 Å². The number of nitrogens with one attached hydrogen (secondary N) is 1. The molecular formula is C32H40N4O7S2. The monoisotopic (exact) mass is 656 g/mol. The number of sulfonamides is 1. The molecule has 13 heteroatoms. The van der Waals surface area contributed by atoms with Gasteiger partial charge in [0.25, 0.3) is 0 Å². The van der Waals surface area contributed by atoms with Gasteiger partial charge in [0.2, 0.25) is 10.0 Å². The Hall–Kier alpha value is -2.97. The Bertz CT molecular complexity index is 1650. The van der Waals surface area contributed by atoms with Crippen molar-refractivity contribution in [3.8, 4) is 5.75 Å². The van der Waals surface area contributed by atoms with Crippen molar-refractivity contribution in [3.63, 3.8) is 0 Å². The number of nitrogen functional groups attached to an aromatic ring is 1. The first-order chi connectivity index (χ1) is 21.6. The minimum atomic E-state index is -3.84. The van der Waals surface area contributed by atoms with E-state index in [9.17, 15) is 13.2 Å². The van der Waals surface area contributed by atoms with Crippen LogP contribution in [0.25, 0.3) is 10.2 Å². The van der Waals surface area contributed by atoms with Gasteiger partial charge in [0.1, 0.15) is 11.9 Å². The minimum absolute atomic E-state index is 0.0642. The number of carbonyl (C=O) groups excluding carboxylic acids is 1. The number of hydrogen-bond donors (Lipinski definition) is 2. The number of nitrogens with two attached hydrogens (primary N) is 1. The molecule has 3 heterocycles. The van der Waals surface area contributed by atoms with Gasteiger partial charge in [0, 0.05) is 31.0 Å². The minimum Gasteiger partial charge on any atom is -0.497 e. The molecule has 2 saturated heterocycles. The SMILES string of the molecule is COc1ccc(C[C@@H](CCN(CC2(C)CC2)S(=O)(=O)c2ccc3nc(N)sc3c2)NC(=O)OC2C3COC4OC2CC4C3)cc1. The van der Waals surface area contributed by atoms with Crippen molar-refractivity contribution >= 4 is 42.8 Å². The summed E-state index contributed by atoms with van der Waals surface area (Å²) in [6, 6.07) is 12.2. The molecule has 11 nitrogen and oxygen atoms in total. The van der Waals surface area contributed by atoms with Gasteiger partial charge < -0.3 is 30.0 Å². The first-order valence-corrected chi connectivity index (χ1v) is 17.9. The average Bonchev–Trinajstić information content (AvgIpc) is 3.50. The van der Waals surface area contributed by atoms with E-state index < -0.39 is 16.1 Å². The highest BCUT2D eigenvalue weighted by molar-refractivity contribution is 7.89. The molecule has 2 aromatic carbocycles. The number of rotatable bonds is 12. The number of fused-ring (bicyclic) bond motifs is 3. The zero-order valence-electron chi connectivity index (χ0n) is 25.5. The average molecular weight is 657 g/mol. The van der Waals surface area contributed by atoms with Crippen LogP contribution in [-0.2, 0) is 30.7 Å². The van der Waals surface area contributed by atoms with Crippen molar-refractivity contribution in [3.05, 3.63) is 48.0 Å². The van der Waals surface area contributed by atoms with Crippen molar-refractivity contribution in [1.29, 1.82) is 0 Å². The molecule has 6 atom stereocenters. The zero-order valence-corrected chi connectivity index (χ0v) is 27.1. The molecular weight excluding hydrogens is 617 g/mol. The number of benzene rings is 2. The lowest BCUT2D eigenvalue weighted by Crippen LogP contribution is -2.48. The van der Waals surface area contributed by atoms with Crippen LogP contribution in [0.4, 0.5) is 9.93 Å².